The van der Waals surface area contributed by atoms with Crippen molar-refractivity contribution in [3.05, 3.63) is 24.8 Å². The van der Waals surface area contributed by atoms with Gasteiger partial charge in [-0.05, 0) is 12.5 Å². The van der Waals surface area contributed by atoms with Crippen LogP contribution in [-0.4, -0.2) is 24.8 Å². The average Bonchev–Trinajstić information content (AvgIpc) is 1.85. The topological polar surface area (TPSA) is 15.6 Å². The van der Waals surface area contributed by atoms with Crippen LogP contribution in [-0.2, 0) is 0 Å². The first kappa shape index (κ1) is 8.95. The van der Waals surface area contributed by atoms with E-state index in [0.717, 1.165) is 11.3 Å². The summed E-state index contributed by atoms with van der Waals surface area (Å²) in [4.78, 5) is 0. The van der Waals surface area contributed by atoms with E-state index in [0.29, 0.717) is 0 Å². The van der Waals surface area contributed by atoms with E-state index in [4.69, 9.17) is 0 Å². The zero-order valence-electron chi connectivity index (χ0n) is 6.89. The predicted molar refractivity (Wildman–Crippen MR) is 46.1 cm³/mol. The third kappa shape index (κ3) is 3.07. The lowest BCUT2D eigenvalue weighted by Gasteiger charge is -2.06. The lowest BCUT2D eigenvalue weighted by molar-refractivity contribution is 0.438. The van der Waals surface area contributed by atoms with E-state index < -0.39 is 0 Å². The molecule has 56 valence electrons. The standard InChI is InChI=1S/C8H14N2/c1-6-7(2)8(3)9-10(4)5/h6H,1-2H2,3-5H3. The summed E-state index contributed by atoms with van der Waals surface area (Å²) in [5, 5.41) is 5.87. The normalized spacial score (nSPS) is 10.9. The Hall–Kier alpha value is -1.05. The molecule has 0 spiro atoms. The molecule has 0 unspecified atom stereocenters. The van der Waals surface area contributed by atoms with Crippen LogP contribution in [0.25, 0.3) is 0 Å². The Kier molecular flexibility index (Phi) is 3.47. The quantitative estimate of drug-likeness (QED) is 0.329. The minimum atomic E-state index is 0.869. The van der Waals surface area contributed by atoms with Crippen LogP contribution in [0, 0.1) is 0 Å². The van der Waals surface area contributed by atoms with Crippen LogP contribution in [0.1, 0.15) is 6.92 Å². The lowest BCUT2D eigenvalue weighted by Crippen LogP contribution is -2.06. The molecule has 0 aliphatic rings. The highest BCUT2D eigenvalue weighted by Crippen LogP contribution is 1.95. The van der Waals surface area contributed by atoms with Crippen LogP contribution < -0.4 is 0 Å². The number of hydrazone groups is 1. The van der Waals surface area contributed by atoms with Crippen LogP contribution in [0.5, 0.6) is 0 Å². The molecule has 10 heavy (non-hydrogen) atoms. The molecule has 0 amide bonds. The highest BCUT2D eigenvalue weighted by Gasteiger charge is 1.91. The molecule has 0 aliphatic heterocycles. The summed E-state index contributed by atoms with van der Waals surface area (Å²) in [6, 6.07) is 0. The van der Waals surface area contributed by atoms with Crippen molar-refractivity contribution >= 4 is 5.71 Å². The molecule has 0 N–H and O–H groups in total. The second-order valence-corrected chi connectivity index (χ2v) is 2.26. The van der Waals surface area contributed by atoms with E-state index >= 15 is 0 Å². The van der Waals surface area contributed by atoms with E-state index in [9.17, 15) is 0 Å². The number of rotatable bonds is 3. The van der Waals surface area contributed by atoms with Gasteiger partial charge < -0.3 is 5.01 Å². The van der Waals surface area contributed by atoms with Crippen LogP contribution >= 0.6 is 0 Å². The van der Waals surface area contributed by atoms with Crippen LogP contribution in [0.4, 0.5) is 0 Å². The summed E-state index contributed by atoms with van der Waals surface area (Å²) in [5.41, 5.74) is 1.77. The van der Waals surface area contributed by atoms with Crippen LogP contribution in [0.2, 0.25) is 0 Å². The van der Waals surface area contributed by atoms with Gasteiger partial charge in [0.05, 0.1) is 5.71 Å². The maximum atomic E-state index is 4.13. The van der Waals surface area contributed by atoms with E-state index in [1.165, 1.54) is 0 Å². The Morgan fingerprint density at radius 3 is 2.30 bits per heavy atom. The summed E-state index contributed by atoms with van der Waals surface area (Å²) in [6.07, 6.45) is 1.70. The van der Waals surface area contributed by atoms with E-state index in [-0.39, 0.29) is 0 Å². The van der Waals surface area contributed by atoms with Crippen molar-refractivity contribution in [1.29, 1.82) is 0 Å². The van der Waals surface area contributed by atoms with Gasteiger partial charge in [0.15, 0.2) is 0 Å². The molecule has 2 nitrogen and oxygen atoms in total. The number of hydrogen-bond acceptors (Lipinski definition) is 2. The molecule has 0 aliphatic carbocycles. The first-order valence-corrected chi connectivity index (χ1v) is 3.12. The zero-order valence-corrected chi connectivity index (χ0v) is 6.89. The van der Waals surface area contributed by atoms with Crippen LogP contribution in [0.3, 0.4) is 0 Å². The summed E-state index contributed by atoms with van der Waals surface area (Å²) in [6.45, 7) is 9.25. The van der Waals surface area contributed by atoms with Gasteiger partial charge in [0.25, 0.3) is 0 Å². The minimum Gasteiger partial charge on any atom is -0.303 e. The molecule has 0 aromatic rings. The first-order chi connectivity index (χ1) is 4.57. The molecule has 0 saturated heterocycles. The fourth-order valence-electron chi connectivity index (χ4n) is 0.512. The van der Waals surface area contributed by atoms with Crippen molar-refractivity contribution in [2.45, 2.75) is 6.92 Å². The zero-order chi connectivity index (χ0) is 8.15. The van der Waals surface area contributed by atoms with Gasteiger partial charge in [0.2, 0.25) is 0 Å². The van der Waals surface area contributed by atoms with E-state index in [1.54, 1.807) is 11.1 Å². The Labute approximate surface area is 62.5 Å². The summed E-state index contributed by atoms with van der Waals surface area (Å²) < 4.78 is 0. The van der Waals surface area contributed by atoms with E-state index in [1.807, 2.05) is 21.0 Å². The maximum Gasteiger partial charge on any atom is 0.0640 e. The van der Waals surface area contributed by atoms with Crippen molar-refractivity contribution in [3.63, 3.8) is 0 Å². The van der Waals surface area contributed by atoms with Crippen molar-refractivity contribution in [2.24, 2.45) is 5.10 Å². The SMILES string of the molecule is C=CC(=C)C(C)=NN(C)C. The number of nitrogens with zero attached hydrogens (tertiary/aromatic N) is 2. The fraction of sp³-hybridized carbons (Fsp3) is 0.375. The molecule has 0 saturated carbocycles. The third-order valence-electron chi connectivity index (χ3n) is 1.06. The lowest BCUT2D eigenvalue weighted by atomic mass is 10.2. The molecule has 2 heteroatoms. The van der Waals surface area contributed by atoms with Gasteiger partial charge in [-0.15, -0.1) is 0 Å². The molecule has 0 aromatic carbocycles. The van der Waals surface area contributed by atoms with Crippen molar-refractivity contribution in [2.75, 3.05) is 14.1 Å². The highest BCUT2D eigenvalue weighted by molar-refractivity contribution is 5.99. The Bertz CT molecular complexity index is 166. The summed E-state index contributed by atoms with van der Waals surface area (Å²) in [5.74, 6) is 0. The van der Waals surface area contributed by atoms with Crippen molar-refractivity contribution in [3.8, 4) is 0 Å². The average molecular weight is 138 g/mol. The van der Waals surface area contributed by atoms with Gasteiger partial charge in [0, 0.05) is 14.1 Å². The summed E-state index contributed by atoms with van der Waals surface area (Å²) >= 11 is 0. The first-order valence-electron chi connectivity index (χ1n) is 3.12. The molecule has 0 atom stereocenters. The molecule has 0 heterocycles. The number of allylic oxidation sites excluding steroid dienone is 2. The Balaban J connectivity index is 4.19. The second-order valence-electron chi connectivity index (χ2n) is 2.26. The van der Waals surface area contributed by atoms with Crippen LogP contribution in [0.15, 0.2) is 29.9 Å². The Morgan fingerprint density at radius 1 is 1.50 bits per heavy atom. The van der Waals surface area contributed by atoms with Gasteiger partial charge >= 0.3 is 0 Å². The molecular formula is C8H14N2. The highest BCUT2D eigenvalue weighted by atomic mass is 15.4. The Morgan fingerprint density at radius 2 is 2.00 bits per heavy atom. The van der Waals surface area contributed by atoms with Gasteiger partial charge in [-0.2, -0.15) is 5.10 Å². The number of hydrogen-bond donors (Lipinski definition) is 0. The van der Waals surface area contributed by atoms with Gasteiger partial charge in [0.1, 0.15) is 0 Å². The maximum absolute atomic E-state index is 4.13. The minimum absolute atomic E-state index is 0.869. The predicted octanol–water partition coefficient (Wildman–Crippen LogP) is 1.67. The van der Waals surface area contributed by atoms with E-state index in [2.05, 4.69) is 18.3 Å². The van der Waals surface area contributed by atoms with Gasteiger partial charge in [-0.25, -0.2) is 0 Å². The van der Waals surface area contributed by atoms with Crippen molar-refractivity contribution < 1.29 is 0 Å². The fourth-order valence-corrected chi connectivity index (χ4v) is 0.512. The third-order valence-corrected chi connectivity index (χ3v) is 1.06. The molecule has 0 rings (SSSR count). The summed E-state index contributed by atoms with van der Waals surface area (Å²) in [7, 11) is 3.75. The monoisotopic (exact) mass is 138 g/mol. The molecule has 0 radical (unpaired) electrons. The molecule has 0 aromatic heterocycles. The van der Waals surface area contributed by atoms with Crippen molar-refractivity contribution in [1.82, 2.24) is 5.01 Å². The second kappa shape index (κ2) is 3.88. The smallest absolute Gasteiger partial charge is 0.0640 e. The molecule has 0 fully saturated rings. The van der Waals surface area contributed by atoms with Gasteiger partial charge in [-0.1, -0.05) is 19.2 Å². The van der Waals surface area contributed by atoms with Gasteiger partial charge in [-0.3, -0.25) is 0 Å². The largest absolute Gasteiger partial charge is 0.303 e. The molecule has 0 bridgehead atoms. The molecular weight excluding hydrogens is 124 g/mol.